The zero-order valence-electron chi connectivity index (χ0n) is 18.2. The number of alkyl halides is 2. The molecule has 3 rings (SSSR count). The van der Waals surface area contributed by atoms with Gasteiger partial charge in [-0.25, -0.2) is 0 Å². The molecule has 1 N–H and O–H groups in total. The Morgan fingerprint density at radius 3 is 2.48 bits per heavy atom. The SMILES string of the molecule is CCOc1cc(CN(C)CC(=O)NC(c2ccc(C)cc2)C2CC2)ccc1OC(F)F. The number of rotatable bonds is 11. The molecule has 1 amide bonds. The van der Waals surface area contributed by atoms with E-state index in [0.29, 0.717) is 19.1 Å². The zero-order chi connectivity index (χ0) is 22.4. The molecule has 5 nitrogen and oxygen atoms in total. The maximum atomic E-state index is 12.7. The first-order valence-electron chi connectivity index (χ1n) is 10.6. The van der Waals surface area contributed by atoms with Gasteiger partial charge in [0.15, 0.2) is 11.5 Å². The topological polar surface area (TPSA) is 50.8 Å². The molecule has 7 heteroatoms. The summed E-state index contributed by atoms with van der Waals surface area (Å²) in [5, 5.41) is 3.19. The van der Waals surface area contributed by atoms with Crippen molar-refractivity contribution in [3.63, 3.8) is 0 Å². The van der Waals surface area contributed by atoms with E-state index >= 15 is 0 Å². The highest BCUT2D eigenvalue weighted by atomic mass is 19.3. The average molecular weight is 433 g/mol. The van der Waals surface area contributed by atoms with Crippen molar-refractivity contribution >= 4 is 5.91 Å². The lowest BCUT2D eigenvalue weighted by atomic mass is 10.0. The van der Waals surface area contributed by atoms with Crippen molar-refractivity contribution in [3.8, 4) is 11.5 Å². The quantitative estimate of drug-likeness (QED) is 0.560. The lowest BCUT2D eigenvalue weighted by Crippen LogP contribution is -2.37. The molecule has 0 aromatic heterocycles. The number of halogens is 2. The van der Waals surface area contributed by atoms with E-state index in [2.05, 4.69) is 34.3 Å². The maximum absolute atomic E-state index is 12.7. The fraction of sp³-hybridized carbons (Fsp3) is 0.458. The van der Waals surface area contributed by atoms with Crippen LogP contribution in [0.5, 0.6) is 11.5 Å². The van der Waals surface area contributed by atoms with E-state index in [4.69, 9.17) is 4.74 Å². The number of hydrogen-bond acceptors (Lipinski definition) is 4. The molecular formula is C24H30F2N2O3. The number of carbonyl (C=O) groups is 1. The maximum Gasteiger partial charge on any atom is 0.387 e. The van der Waals surface area contributed by atoms with Gasteiger partial charge in [0.25, 0.3) is 0 Å². The predicted octanol–water partition coefficient (Wildman–Crippen LogP) is 4.69. The Balaban J connectivity index is 1.59. The van der Waals surface area contributed by atoms with Gasteiger partial charge >= 0.3 is 6.61 Å². The second-order valence-electron chi connectivity index (χ2n) is 8.06. The van der Waals surface area contributed by atoms with Gasteiger partial charge in [-0.05, 0) is 62.9 Å². The molecule has 31 heavy (non-hydrogen) atoms. The molecule has 1 saturated carbocycles. The van der Waals surface area contributed by atoms with Crippen molar-refractivity contribution in [1.82, 2.24) is 10.2 Å². The van der Waals surface area contributed by atoms with Crippen LogP contribution < -0.4 is 14.8 Å². The van der Waals surface area contributed by atoms with Crippen LogP contribution >= 0.6 is 0 Å². The molecule has 1 fully saturated rings. The van der Waals surface area contributed by atoms with Crippen molar-refractivity contribution in [2.45, 2.75) is 45.9 Å². The number of ether oxygens (including phenoxy) is 2. The van der Waals surface area contributed by atoms with Gasteiger partial charge < -0.3 is 14.8 Å². The summed E-state index contributed by atoms with van der Waals surface area (Å²) in [5.74, 6) is 0.730. The van der Waals surface area contributed by atoms with Gasteiger partial charge in [0.2, 0.25) is 5.91 Å². The second-order valence-corrected chi connectivity index (χ2v) is 8.06. The number of nitrogens with one attached hydrogen (secondary N) is 1. The molecule has 0 saturated heterocycles. The lowest BCUT2D eigenvalue weighted by Gasteiger charge is -2.22. The van der Waals surface area contributed by atoms with Crippen LogP contribution in [-0.2, 0) is 11.3 Å². The molecule has 2 aromatic carbocycles. The molecule has 0 aliphatic heterocycles. The Morgan fingerprint density at radius 1 is 1.16 bits per heavy atom. The fourth-order valence-electron chi connectivity index (χ4n) is 3.62. The van der Waals surface area contributed by atoms with Crippen molar-refractivity contribution in [2.75, 3.05) is 20.2 Å². The van der Waals surface area contributed by atoms with E-state index in [1.54, 1.807) is 19.1 Å². The highest BCUT2D eigenvalue weighted by Crippen LogP contribution is 2.41. The van der Waals surface area contributed by atoms with Crippen LogP contribution in [0.3, 0.4) is 0 Å². The van der Waals surface area contributed by atoms with Crippen LogP contribution in [0.2, 0.25) is 0 Å². The third-order valence-corrected chi connectivity index (χ3v) is 5.24. The Morgan fingerprint density at radius 2 is 1.87 bits per heavy atom. The number of likely N-dealkylation sites (N-methyl/N-ethyl adjacent to an activating group) is 1. The van der Waals surface area contributed by atoms with Gasteiger partial charge in [-0.1, -0.05) is 35.9 Å². The lowest BCUT2D eigenvalue weighted by molar-refractivity contribution is -0.123. The monoisotopic (exact) mass is 432 g/mol. The molecule has 0 bridgehead atoms. The average Bonchev–Trinajstić information content (AvgIpc) is 3.54. The number of aryl methyl sites for hydroxylation is 1. The smallest absolute Gasteiger partial charge is 0.387 e. The summed E-state index contributed by atoms with van der Waals surface area (Å²) in [7, 11) is 1.85. The first-order chi connectivity index (χ1) is 14.9. The van der Waals surface area contributed by atoms with E-state index < -0.39 is 6.61 Å². The molecule has 168 valence electrons. The molecular weight excluding hydrogens is 402 g/mol. The van der Waals surface area contributed by atoms with E-state index in [0.717, 1.165) is 24.0 Å². The summed E-state index contributed by atoms with van der Waals surface area (Å²) < 4.78 is 35.1. The van der Waals surface area contributed by atoms with Crippen LogP contribution in [0.25, 0.3) is 0 Å². The summed E-state index contributed by atoms with van der Waals surface area (Å²) >= 11 is 0. The summed E-state index contributed by atoms with van der Waals surface area (Å²) in [6.45, 7) is 1.95. The van der Waals surface area contributed by atoms with Crippen molar-refractivity contribution in [2.24, 2.45) is 5.92 Å². The minimum absolute atomic E-state index is 0.00590. The molecule has 0 heterocycles. The van der Waals surface area contributed by atoms with Crippen molar-refractivity contribution < 1.29 is 23.0 Å². The van der Waals surface area contributed by atoms with E-state index in [-0.39, 0.29) is 30.0 Å². The Hall–Kier alpha value is -2.67. The molecule has 1 unspecified atom stereocenters. The van der Waals surface area contributed by atoms with E-state index in [9.17, 15) is 13.6 Å². The van der Waals surface area contributed by atoms with Gasteiger partial charge in [-0.3, -0.25) is 9.69 Å². The largest absolute Gasteiger partial charge is 0.490 e. The molecule has 2 aromatic rings. The number of hydrogen-bond donors (Lipinski definition) is 1. The highest BCUT2D eigenvalue weighted by Gasteiger charge is 2.33. The van der Waals surface area contributed by atoms with Crippen LogP contribution in [0, 0.1) is 12.8 Å². The molecule has 0 spiro atoms. The summed E-state index contributed by atoms with van der Waals surface area (Å²) in [6, 6.07) is 13.2. The van der Waals surface area contributed by atoms with E-state index in [1.807, 2.05) is 18.9 Å². The van der Waals surface area contributed by atoms with Gasteiger partial charge in [0, 0.05) is 6.54 Å². The first kappa shape index (κ1) is 23.0. The summed E-state index contributed by atoms with van der Waals surface area (Å²) in [6.07, 6.45) is 2.25. The van der Waals surface area contributed by atoms with Crippen molar-refractivity contribution in [1.29, 1.82) is 0 Å². The normalized spacial score (nSPS) is 14.5. The van der Waals surface area contributed by atoms with Crippen LogP contribution in [0.1, 0.15) is 42.5 Å². The highest BCUT2D eigenvalue weighted by molar-refractivity contribution is 5.78. The molecule has 1 aliphatic rings. The van der Waals surface area contributed by atoms with Gasteiger partial charge in [0.1, 0.15) is 0 Å². The Bertz CT molecular complexity index is 870. The van der Waals surface area contributed by atoms with E-state index in [1.165, 1.54) is 11.6 Å². The van der Waals surface area contributed by atoms with Crippen LogP contribution in [-0.4, -0.2) is 37.6 Å². The summed E-state index contributed by atoms with van der Waals surface area (Å²) in [4.78, 5) is 14.6. The second kappa shape index (κ2) is 10.6. The zero-order valence-corrected chi connectivity index (χ0v) is 18.2. The first-order valence-corrected chi connectivity index (χ1v) is 10.6. The fourth-order valence-corrected chi connectivity index (χ4v) is 3.62. The minimum atomic E-state index is -2.91. The molecule has 0 radical (unpaired) electrons. The minimum Gasteiger partial charge on any atom is -0.490 e. The number of benzene rings is 2. The Kier molecular flexibility index (Phi) is 7.85. The number of amides is 1. The van der Waals surface area contributed by atoms with Gasteiger partial charge in [-0.15, -0.1) is 0 Å². The standard InChI is InChI=1S/C24H30F2N2O3/c1-4-30-21-13-17(7-12-20(21)31-24(25)26)14-28(3)15-22(29)27-23(19-10-11-19)18-8-5-16(2)6-9-18/h5-9,12-13,19,23-24H,4,10-11,14-15H2,1-3H3,(H,27,29). The van der Waals surface area contributed by atoms with Crippen molar-refractivity contribution in [3.05, 3.63) is 59.2 Å². The predicted molar refractivity (Wildman–Crippen MR) is 115 cm³/mol. The van der Waals surface area contributed by atoms with Gasteiger partial charge in [0.05, 0.1) is 19.2 Å². The van der Waals surface area contributed by atoms with Crippen LogP contribution in [0.4, 0.5) is 8.78 Å². The number of nitrogens with zero attached hydrogens (tertiary/aromatic N) is 1. The third-order valence-electron chi connectivity index (χ3n) is 5.24. The number of carbonyl (C=O) groups excluding carboxylic acids is 1. The molecule has 1 aliphatic carbocycles. The Labute approximate surface area is 182 Å². The molecule has 1 atom stereocenters. The third kappa shape index (κ3) is 6.92. The summed E-state index contributed by atoms with van der Waals surface area (Å²) in [5.41, 5.74) is 3.18. The van der Waals surface area contributed by atoms with Gasteiger partial charge in [-0.2, -0.15) is 8.78 Å². The van der Waals surface area contributed by atoms with Crippen LogP contribution in [0.15, 0.2) is 42.5 Å².